The molecule has 1 rings (SSSR count). The number of aromatic hydroxyl groups is 1. The SMILES string of the molecule is O=C(O)Cc1cccc(Cl)c1O. The Morgan fingerprint density at radius 1 is 1.50 bits per heavy atom. The lowest BCUT2D eigenvalue weighted by Crippen LogP contribution is -1.99. The molecular weight excluding hydrogens is 180 g/mol. The van der Waals surface area contributed by atoms with Crippen LogP contribution < -0.4 is 0 Å². The molecule has 0 radical (unpaired) electrons. The van der Waals surface area contributed by atoms with Crippen LogP contribution >= 0.6 is 11.6 Å². The monoisotopic (exact) mass is 186 g/mol. The second kappa shape index (κ2) is 3.45. The molecule has 0 heterocycles. The second-order valence-electron chi connectivity index (χ2n) is 2.32. The number of rotatable bonds is 2. The third-order valence-corrected chi connectivity index (χ3v) is 1.72. The lowest BCUT2D eigenvalue weighted by Gasteiger charge is -2.01. The van der Waals surface area contributed by atoms with E-state index < -0.39 is 5.97 Å². The number of phenols is 1. The molecule has 0 fully saturated rings. The van der Waals surface area contributed by atoms with Gasteiger partial charge in [-0.15, -0.1) is 0 Å². The summed E-state index contributed by atoms with van der Waals surface area (Å²) in [5.74, 6) is -1.14. The Kier molecular flexibility index (Phi) is 2.55. The molecule has 12 heavy (non-hydrogen) atoms. The largest absolute Gasteiger partial charge is 0.506 e. The van der Waals surface area contributed by atoms with Gasteiger partial charge in [0.25, 0.3) is 0 Å². The molecule has 1 aromatic rings. The highest BCUT2D eigenvalue weighted by molar-refractivity contribution is 6.32. The summed E-state index contributed by atoms with van der Waals surface area (Å²) in [6.45, 7) is 0. The maximum atomic E-state index is 10.3. The summed E-state index contributed by atoms with van der Waals surface area (Å²) in [7, 11) is 0. The molecule has 0 aromatic heterocycles. The summed E-state index contributed by atoms with van der Waals surface area (Å²) < 4.78 is 0. The van der Waals surface area contributed by atoms with E-state index in [-0.39, 0.29) is 17.2 Å². The van der Waals surface area contributed by atoms with Gasteiger partial charge in [-0.25, -0.2) is 0 Å². The average Bonchev–Trinajstić information content (AvgIpc) is 1.98. The van der Waals surface area contributed by atoms with Crippen molar-refractivity contribution in [3.05, 3.63) is 28.8 Å². The van der Waals surface area contributed by atoms with E-state index >= 15 is 0 Å². The van der Waals surface area contributed by atoms with Crippen molar-refractivity contribution in [2.45, 2.75) is 6.42 Å². The van der Waals surface area contributed by atoms with Gasteiger partial charge >= 0.3 is 5.97 Å². The first-order valence-electron chi connectivity index (χ1n) is 3.29. The summed E-state index contributed by atoms with van der Waals surface area (Å²) in [5, 5.41) is 17.9. The molecule has 0 aliphatic heterocycles. The number of aliphatic carboxylic acids is 1. The molecule has 0 amide bonds. The van der Waals surface area contributed by atoms with Crippen LogP contribution in [0.2, 0.25) is 5.02 Å². The summed E-state index contributed by atoms with van der Waals surface area (Å²) >= 11 is 5.55. The zero-order chi connectivity index (χ0) is 9.14. The molecule has 64 valence electrons. The van der Waals surface area contributed by atoms with E-state index in [0.29, 0.717) is 5.56 Å². The molecule has 0 saturated heterocycles. The minimum Gasteiger partial charge on any atom is -0.506 e. The van der Waals surface area contributed by atoms with Crippen LogP contribution in [0.1, 0.15) is 5.56 Å². The Morgan fingerprint density at radius 3 is 2.75 bits per heavy atom. The number of carbonyl (C=O) groups is 1. The number of phenolic OH excluding ortho intramolecular Hbond substituents is 1. The van der Waals surface area contributed by atoms with E-state index in [0.717, 1.165) is 0 Å². The molecule has 0 aliphatic rings. The van der Waals surface area contributed by atoms with E-state index in [9.17, 15) is 9.90 Å². The third-order valence-electron chi connectivity index (χ3n) is 1.41. The van der Waals surface area contributed by atoms with Crippen molar-refractivity contribution in [3.63, 3.8) is 0 Å². The fraction of sp³-hybridized carbons (Fsp3) is 0.125. The lowest BCUT2D eigenvalue weighted by molar-refractivity contribution is -0.136. The van der Waals surface area contributed by atoms with Crippen molar-refractivity contribution in [1.29, 1.82) is 0 Å². The van der Waals surface area contributed by atoms with Crippen LogP contribution in [-0.2, 0) is 11.2 Å². The number of benzene rings is 1. The normalized spacial score (nSPS) is 9.75. The highest BCUT2D eigenvalue weighted by Crippen LogP contribution is 2.26. The van der Waals surface area contributed by atoms with Crippen LogP contribution in [0.5, 0.6) is 5.75 Å². The molecule has 0 aliphatic carbocycles. The molecule has 0 spiro atoms. The molecule has 4 heteroatoms. The summed E-state index contributed by atoms with van der Waals surface area (Å²) in [5.41, 5.74) is 0.329. The standard InChI is InChI=1S/C8H7ClO3/c9-6-3-1-2-5(8(6)12)4-7(10)11/h1-3,12H,4H2,(H,10,11). The van der Waals surface area contributed by atoms with Crippen molar-refractivity contribution in [2.24, 2.45) is 0 Å². The van der Waals surface area contributed by atoms with Gasteiger partial charge in [-0.2, -0.15) is 0 Å². The molecule has 0 saturated carbocycles. The van der Waals surface area contributed by atoms with Crippen molar-refractivity contribution in [3.8, 4) is 5.75 Å². The van der Waals surface area contributed by atoms with Crippen LogP contribution in [0.25, 0.3) is 0 Å². The van der Waals surface area contributed by atoms with Gasteiger partial charge in [0.05, 0.1) is 11.4 Å². The van der Waals surface area contributed by atoms with Gasteiger partial charge in [0.2, 0.25) is 0 Å². The number of para-hydroxylation sites is 1. The van der Waals surface area contributed by atoms with Crippen molar-refractivity contribution >= 4 is 17.6 Å². The number of hydrogen-bond acceptors (Lipinski definition) is 2. The van der Waals surface area contributed by atoms with Crippen LogP contribution in [-0.4, -0.2) is 16.2 Å². The predicted molar refractivity (Wildman–Crippen MR) is 44.5 cm³/mol. The maximum absolute atomic E-state index is 10.3. The first kappa shape index (κ1) is 8.87. The van der Waals surface area contributed by atoms with Gasteiger partial charge in [0.1, 0.15) is 5.75 Å². The molecule has 1 aromatic carbocycles. The Hall–Kier alpha value is -1.22. The summed E-state index contributed by atoms with van der Waals surface area (Å²) in [6.07, 6.45) is -0.216. The van der Waals surface area contributed by atoms with Gasteiger partial charge in [-0.1, -0.05) is 23.7 Å². The first-order chi connectivity index (χ1) is 5.61. The third kappa shape index (κ3) is 1.89. The molecule has 0 unspecified atom stereocenters. The Bertz CT molecular complexity index is 309. The number of carboxylic acids is 1. The minimum atomic E-state index is -0.993. The van der Waals surface area contributed by atoms with Crippen LogP contribution in [0.15, 0.2) is 18.2 Å². The predicted octanol–water partition coefficient (Wildman–Crippen LogP) is 1.67. The van der Waals surface area contributed by atoms with Crippen LogP contribution in [0, 0.1) is 0 Å². The number of halogens is 1. The van der Waals surface area contributed by atoms with Gasteiger partial charge < -0.3 is 10.2 Å². The summed E-state index contributed by atoms with van der Waals surface area (Å²) in [6, 6.07) is 4.62. The van der Waals surface area contributed by atoms with Gasteiger partial charge in [0.15, 0.2) is 0 Å². The van der Waals surface area contributed by atoms with E-state index in [1.807, 2.05) is 0 Å². The summed E-state index contributed by atoms with van der Waals surface area (Å²) in [4.78, 5) is 10.3. The van der Waals surface area contributed by atoms with Crippen molar-refractivity contribution in [1.82, 2.24) is 0 Å². The maximum Gasteiger partial charge on any atom is 0.307 e. The average molecular weight is 187 g/mol. The first-order valence-corrected chi connectivity index (χ1v) is 3.67. The van der Waals surface area contributed by atoms with Gasteiger partial charge in [-0.3, -0.25) is 4.79 Å². The highest BCUT2D eigenvalue weighted by atomic mass is 35.5. The van der Waals surface area contributed by atoms with Crippen LogP contribution in [0.3, 0.4) is 0 Å². The van der Waals surface area contributed by atoms with Gasteiger partial charge in [0, 0.05) is 5.56 Å². The fourth-order valence-corrected chi connectivity index (χ4v) is 1.06. The molecule has 3 nitrogen and oxygen atoms in total. The molecule has 0 bridgehead atoms. The van der Waals surface area contributed by atoms with E-state index in [1.54, 1.807) is 6.07 Å². The highest BCUT2D eigenvalue weighted by Gasteiger charge is 2.07. The van der Waals surface area contributed by atoms with E-state index in [1.165, 1.54) is 12.1 Å². The molecule has 2 N–H and O–H groups in total. The molecular formula is C8H7ClO3. The Balaban J connectivity index is 3.00. The second-order valence-corrected chi connectivity index (χ2v) is 2.73. The molecule has 0 atom stereocenters. The number of carboxylic acid groups (broad SMARTS) is 1. The van der Waals surface area contributed by atoms with Gasteiger partial charge in [-0.05, 0) is 6.07 Å². The van der Waals surface area contributed by atoms with E-state index in [4.69, 9.17) is 16.7 Å². The minimum absolute atomic E-state index is 0.151. The topological polar surface area (TPSA) is 57.5 Å². The van der Waals surface area contributed by atoms with Crippen molar-refractivity contribution in [2.75, 3.05) is 0 Å². The fourth-order valence-electron chi connectivity index (χ4n) is 0.866. The number of hydrogen-bond donors (Lipinski definition) is 2. The quantitative estimate of drug-likeness (QED) is 0.739. The zero-order valence-electron chi connectivity index (χ0n) is 6.12. The van der Waals surface area contributed by atoms with Crippen LogP contribution in [0.4, 0.5) is 0 Å². The van der Waals surface area contributed by atoms with Crippen molar-refractivity contribution < 1.29 is 15.0 Å². The Labute approximate surface area is 74.2 Å². The Morgan fingerprint density at radius 2 is 2.17 bits per heavy atom. The zero-order valence-corrected chi connectivity index (χ0v) is 6.88. The smallest absolute Gasteiger partial charge is 0.307 e. The lowest BCUT2D eigenvalue weighted by atomic mass is 10.1. The van der Waals surface area contributed by atoms with E-state index in [2.05, 4.69) is 0 Å².